The Morgan fingerprint density at radius 2 is 1.73 bits per heavy atom. The van der Waals surface area contributed by atoms with E-state index < -0.39 is 6.04 Å². The lowest BCUT2D eigenvalue weighted by Crippen LogP contribution is -2.50. The van der Waals surface area contributed by atoms with Gasteiger partial charge in [0, 0.05) is 65.8 Å². The van der Waals surface area contributed by atoms with E-state index in [2.05, 4.69) is 70.6 Å². The van der Waals surface area contributed by atoms with E-state index in [0.29, 0.717) is 25.1 Å². The number of fused-ring (bicyclic) bond motifs is 2. The predicted octanol–water partition coefficient (Wildman–Crippen LogP) is 5.58. The van der Waals surface area contributed by atoms with Gasteiger partial charge < -0.3 is 20.6 Å². The third-order valence-corrected chi connectivity index (χ3v) is 9.02. The maximum absolute atomic E-state index is 13.6. The van der Waals surface area contributed by atoms with E-state index in [1.165, 1.54) is 22.3 Å². The Balaban J connectivity index is 1.13. The van der Waals surface area contributed by atoms with E-state index in [1.807, 2.05) is 54.9 Å². The molecule has 5 aromatic rings. The molecule has 6 rings (SSSR count). The number of aromatic amines is 2. The van der Waals surface area contributed by atoms with Crippen LogP contribution in [0.25, 0.3) is 27.4 Å². The highest BCUT2D eigenvalue weighted by atomic mass is 16.2. The number of hydrogen-bond acceptors (Lipinski definition) is 4. The van der Waals surface area contributed by atoms with Gasteiger partial charge in [-0.2, -0.15) is 5.26 Å². The number of nitrogens with one attached hydrogen (secondary N) is 4. The zero-order valence-corrected chi connectivity index (χ0v) is 26.0. The Morgan fingerprint density at radius 1 is 0.978 bits per heavy atom. The molecule has 8 nitrogen and oxygen atoms in total. The maximum Gasteiger partial charge on any atom is 0.243 e. The summed E-state index contributed by atoms with van der Waals surface area (Å²) in [6, 6.07) is 19.4. The lowest BCUT2D eigenvalue weighted by Gasteiger charge is -2.27. The average Bonchev–Trinajstić information content (AvgIpc) is 3.66. The van der Waals surface area contributed by atoms with Gasteiger partial charge in [0.05, 0.1) is 18.2 Å². The number of para-hydroxylation sites is 1. The summed E-state index contributed by atoms with van der Waals surface area (Å²) >= 11 is 0. The first kappa shape index (κ1) is 29.9. The molecule has 4 N–H and O–H groups in total. The molecular formula is C37H38N6O2. The lowest BCUT2D eigenvalue weighted by atomic mass is 9.98. The van der Waals surface area contributed by atoms with Gasteiger partial charge in [0.1, 0.15) is 6.04 Å². The molecule has 2 aromatic heterocycles. The van der Waals surface area contributed by atoms with Crippen LogP contribution in [0, 0.1) is 32.1 Å². The van der Waals surface area contributed by atoms with Crippen molar-refractivity contribution in [2.24, 2.45) is 0 Å². The summed E-state index contributed by atoms with van der Waals surface area (Å²) in [6.07, 6.45) is 7.23. The number of nitriles is 1. The largest absolute Gasteiger partial charge is 0.361 e. The SMILES string of the molecule is Cc1cc(CNC(=O)[C@@H](Cc2c[nH]c3ccccc23)NC(=O)CN2CC=C(c3c[nH]c4ccc(C#N)cc34)CC2)cc(C)c1C. The van der Waals surface area contributed by atoms with E-state index >= 15 is 0 Å². The Labute approximate surface area is 263 Å². The third kappa shape index (κ3) is 6.54. The van der Waals surface area contributed by atoms with Crippen LogP contribution in [0.4, 0.5) is 0 Å². The van der Waals surface area contributed by atoms with E-state index in [9.17, 15) is 14.9 Å². The van der Waals surface area contributed by atoms with Crippen LogP contribution in [0.2, 0.25) is 0 Å². The molecule has 1 aliphatic heterocycles. The van der Waals surface area contributed by atoms with Crippen molar-refractivity contribution in [1.82, 2.24) is 25.5 Å². The zero-order valence-electron chi connectivity index (χ0n) is 26.0. The monoisotopic (exact) mass is 598 g/mol. The summed E-state index contributed by atoms with van der Waals surface area (Å²) in [5.41, 5.74) is 10.6. The summed E-state index contributed by atoms with van der Waals surface area (Å²) in [7, 11) is 0. The second kappa shape index (κ2) is 12.8. The van der Waals surface area contributed by atoms with Crippen LogP contribution in [0.3, 0.4) is 0 Å². The summed E-state index contributed by atoms with van der Waals surface area (Å²) < 4.78 is 0. The summed E-state index contributed by atoms with van der Waals surface area (Å²) in [5, 5.41) is 17.5. The van der Waals surface area contributed by atoms with Crippen molar-refractivity contribution in [3.63, 3.8) is 0 Å². The number of carbonyl (C=O) groups excluding carboxylic acids is 2. The molecule has 0 saturated heterocycles. The van der Waals surface area contributed by atoms with E-state index in [0.717, 1.165) is 51.5 Å². The highest BCUT2D eigenvalue weighted by molar-refractivity contribution is 5.94. The van der Waals surface area contributed by atoms with Gasteiger partial charge >= 0.3 is 0 Å². The molecule has 0 radical (unpaired) electrons. The predicted molar refractivity (Wildman–Crippen MR) is 178 cm³/mol. The first-order valence-corrected chi connectivity index (χ1v) is 15.4. The number of aryl methyl sites for hydroxylation is 2. The van der Waals surface area contributed by atoms with Crippen molar-refractivity contribution in [2.75, 3.05) is 19.6 Å². The molecule has 228 valence electrons. The van der Waals surface area contributed by atoms with Crippen molar-refractivity contribution in [2.45, 2.75) is 46.2 Å². The second-order valence-corrected chi connectivity index (χ2v) is 12.0. The van der Waals surface area contributed by atoms with Crippen LogP contribution in [0.1, 0.15) is 45.4 Å². The highest BCUT2D eigenvalue weighted by Crippen LogP contribution is 2.30. The maximum atomic E-state index is 13.6. The van der Waals surface area contributed by atoms with E-state index in [4.69, 9.17) is 0 Å². The summed E-state index contributed by atoms with van der Waals surface area (Å²) in [6.45, 7) is 8.20. The number of aromatic nitrogens is 2. The first-order valence-electron chi connectivity index (χ1n) is 15.4. The van der Waals surface area contributed by atoms with Crippen molar-refractivity contribution < 1.29 is 9.59 Å². The van der Waals surface area contributed by atoms with Crippen LogP contribution in [0.15, 0.2) is 73.1 Å². The van der Waals surface area contributed by atoms with Crippen LogP contribution < -0.4 is 10.6 Å². The number of rotatable bonds is 9. The Hall–Kier alpha value is -5.13. The van der Waals surface area contributed by atoms with Gasteiger partial charge in [-0.15, -0.1) is 0 Å². The minimum absolute atomic E-state index is 0.181. The molecule has 0 bridgehead atoms. The normalized spacial score (nSPS) is 14.2. The fourth-order valence-corrected chi connectivity index (χ4v) is 6.27. The first-order chi connectivity index (χ1) is 21.8. The number of H-pyrrole nitrogens is 2. The summed E-state index contributed by atoms with van der Waals surface area (Å²) in [5.74, 6) is -0.388. The fourth-order valence-electron chi connectivity index (χ4n) is 6.27. The molecule has 0 unspecified atom stereocenters. The molecule has 1 atom stereocenters. The van der Waals surface area contributed by atoms with Gasteiger partial charge in [-0.05, 0) is 84.8 Å². The smallest absolute Gasteiger partial charge is 0.243 e. The third-order valence-electron chi connectivity index (χ3n) is 9.02. The Kier molecular flexibility index (Phi) is 8.54. The molecule has 0 fully saturated rings. The number of carbonyl (C=O) groups is 2. The Bertz CT molecular complexity index is 1950. The number of nitrogens with zero attached hydrogens (tertiary/aromatic N) is 2. The molecule has 45 heavy (non-hydrogen) atoms. The van der Waals surface area contributed by atoms with Crippen LogP contribution in [-0.2, 0) is 22.6 Å². The van der Waals surface area contributed by atoms with Gasteiger partial charge in [0.15, 0.2) is 0 Å². The molecule has 3 heterocycles. The topological polar surface area (TPSA) is 117 Å². The van der Waals surface area contributed by atoms with Gasteiger partial charge in [-0.3, -0.25) is 14.5 Å². The fraction of sp³-hybridized carbons (Fsp3) is 0.270. The van der Waals surface area contributed by atoms with Crippen molar-refractivity contribution in [3.05, 3.63) is 112 Å². The zero-order chi connectivity index (χ0) is 31.5. The number of benzene rings is 3. The van der Waals surface area contributed by atoms with Gasteiger partial charge in [0.2, 0.25) is 11.8 Å². The Morgan fingerprint density at radius 3 is 2.49 bits per heavy atom. The molecule has 8 heteroatoms. The second-order valence-electron chi connectivity index (χ2n) is 12.0. The minimum atomic E-state index is -0.721. The average molecular weight is 599 g/mol. The van der Waals surface area contributed by atoms with Crippen LogP contribution in [0.5, 0.6) is 0 Å². The van der Waals surface area contributed by atoms with Crippen molar-refractivity contribution in [3.8, 4) is 6.07 Å². The molecule has 0 aliphatic carbocycles. The molecule has 3 aromatic carbocycles. The van der Waals surface area contributed by atoms with E-state index in [-0.39, 0.29) is 18.4 Å². The van der Waals surface area contributed by atoms with Gasteiger partial charge in [0.25, 0.3) is 0 Å². The summed E-state index contributed by atoms with van der Waals surface area (Å²) in [4.78, 5) is 35.6. The molecule has 0 spiro atoms. The van der Waals surface area contributed by atoms with Crippen LogP contribution >= 0.6 is 0 Å². The van der Waals surface area contributed by atoms with Crippen molar-refractivity contribution in [1.29, 1.82) is 5.26 Å². The standard InChI is InChI=1S/C37H38N6O2/c1-23-14-27(15-24(2)25(23)3)19-41-37(45)35(17-29-20-39-33-7-5-4-6-30(29)33)42-36(44)22-43-12-10-28(11-13-43)32-21-40-34-9-8-26(18-38)16-31(32)34/h4-10,14-16,20-21,35,39-40H,11-13,17,19,22H2,1-3H3,(H,41,45)(H,42,44)/t35-/m1/s1. The quantitative estimate of drug-likeness (QED) is 0.177. The van der Waals surface area contributed by atoms with Gasteiger partial charge in [-0.1, -0.05) is 36.4 Å². The number of amides is 2. The van der Waals surface area contributed by atoms with Crippen molar-refractivity contribution >= 4 is 39.2 Å². The molecule has 1 aliphatic rings. The molecular weight excluding hydrogens is 560 g/mol. The van der Waals surface area contributed by atoms with E-state index in [1.54, 1.807) is 0 Å². The van der Waals surface area contributed by atoms with Gasteiger partial charge in [-0.25, -0.2) is 0 Å². The van der Waals surface area contributed by atoms with Crippen LogP contribution in [-0.4, -0.2) is 52.4 Å². The number of hydrogen-bond donors (Lipinski definition) is 4. The molecule has 2 amide bonds. The minimum Gasteiger partial charge on any atom is -0.361 e. The lowest BCUT2D eigenvalue weighted by molar-refractivity contribution is -0.129. The highest BCUT2D eigenvalue weighted by Gasteiger charge is 2.25. The molecule has 0 saturated carbocycles.